The molecule has 0 radical (unpaired) electrons. The zero-order valence-electron chi connectivity index (χ0n) is 6.09. The lowest BCUT2D eigenvalue weighted by Crippen LogP contribution is -2.32. The third-order valence-corrected chi connectivity index (χ3v) is 3.77. The summed E-state index contributed by atoms with van der Waals surface area (Å²) in [6.45, 7) is 0. The molecule has 0 amide bonds. The number of hydrogen-bond donors (Lipinski definition) is 0. The molecule has 2 nitrogen and oxygen atoms in total. The van der Waals surface area contributed by atoms with Gasteiger partial charge in [-0.2, -0.15) is 5.26 Å². The monoisotopic (exact) mass is 157 g/mol. The first kappa shape index (κ1) is 7.90. The first-order valence-electron chi connectivity index (χ1n) is 3.46. The summed E-state index contributed by atoms with van der Waals surface area (Å²) < 4.78 is 10.6. The minimum absolute atomic E-state index is 0.486. The van der Waals surface area contributed by atoms with E-state index >= 15 is 0 Å². The molecule has 0 spiro atoms. The Morgan fingerprint density at radius 3 is 2.20 bits per heavy atom. The van der Waals surface area contributed by atoms with Gasteiger partial charge in [0, 0.05) is 12.8 Å². The highest BCUT2D eigenvalue weighted by molar-refractivity contribution is 7.92. The highest BCUT2D eigenvalue weighted by Crippen LogP contribution is 2.35. The Kier molecular flexibility index (Phi) is 2.22. The van der Waals surface area contributed by atoms with Crippen LogP contribution in [0.1, 0.15) is 25.7 Å². The normalized spacial score (nSPS) is 25.7. The number of nitrogens with zero attached hydrogens (tertiary/aromatic N) is 1. The van der Waals surface area contributed by atoms with Gasteiger partial charge in [-0.25, -0.2) is 0 Å². The Bertz CT molecular complexity index is 155. The van der Waals surface area contributed by atoms with Gasteiger partial charge in [-0.15, -0.1) is 0 Å². The van der Waals surface area contributed by atoms with Crippen LogP contribution in [0.4, 0.5) is 0 Å². The van der Waals surface area contributed by atoms with Crippen molar-refractivity contribution < 1.29 is 4.55 Å². The lowest BCUT2D eigenvalue weighted by atomic mass is 10.1. The van der Waals surface area contributed by atoms with E-state index in [9.17, 15) is 4.55 Å². The first-order valence-corrected chi connectivity index (χ1v) is 5.02. The largest absolute Gasteiger partial charge is 0.615 e. The zero-order chi connectivity index (χ0) is 7.61. The first-order chi connectivity index (χ1) is 4.71. The fourth-order valence-electron chi connectivity index (χ4n) is 1.41. The lowest BCUT2D eigenvalue weighted by molar-refractivity contribution is 0.563. The van der Waals surface area contributed by atoms with Crippen molar-refractivity contribution in [3.8, 4) is 6.07 Å². The molecule has 1 rings (SSSR count). The summed E-state index contributed by atoms with van der Waals surface area (Å²) in [5, 5.41) is 8.74. The van der Waals surface area contributed by atoms with Gasteiger partial charge >= 0.3 is 0 Å². The van der Waals surface area contributed by atoms with Gasteiger partial charge in [0.1, 0.15) is 6.07 Å². The molecule has 0 saturated heterocycles. The molecule has 1 saturated carbocycles. The molecular formula is C7H11NOS. The fraction of sp³-hybridized carbons (Fsp3) is 0.857. The summed E-state index contributed by atoms with van der Waals surface area (Å²) in [7, 11) is 0. The molecule has 0 bridgehead atoms. The average Bonchev–Trinajstić information content (AvgIpc) is 2.35. The number of rotatable bonds is 1. The SMILES string of the molecule is C[S+]([O-])C1(C#N)CCCC1. The molecular weight excluding hydrogens is 146 g/mol. The van der Waals surface area contributed by atoms with E-state index < -0.39 is 15.9 Å². The summed E-state index contributed by atoms with van der Waals surface area (Å²) >= 11 is -0.961. The smallest absolute Gasteiger partial charge is 0.209 e. The Balaban J connectivity index is 2.70. The summed E-state index contributed by atoms with van der Waals surface area (Å²) in [4.78, 5) is 0. The van der Waals surface area contributed by atoms with Gasteiger partial charge in [0.05, 0.1) is 6.26 Å². The minimum Gasteiger partial charge on any atom is -0.615 e. The molecule has 0 aromatic rings. The Morgan fingerprint density at radius 1 is 1.50 bits per heavy atom. The molecule has 1 unspecified atom stereocenters. The maximum absolute atomic E-state index is 11.1. The van der Waals surface area contributed by atoms with Crippen molar-refractivity contribution in [2.45, 2.75) is 30.4 Å². The third kappa shape index (κ3) is 1.14. The van der Waals surface area contributed by atoms with Crippen LogP contribution in [-0.2, 0) is 11.2 Å². The fourth-order valence-corrected chi connectivity index (χ4v) is 2.40. The van der Waals surface area contributed by atoms with E-state index in [0.29, 0.717) is 0 Å². The van der Waals surface area contributed by atoms with Crippen LogP contribution >= 0.6 is 0 Å². The van der Waals surface area contributed by atoms with Crippen LogP contribution in [-0.4, -0.2) is 15.6 Å². The van der Waals surface area contributed by atoms with Crippen molar-refractivity contribution in [1.29, 1.82) is 5.26 Å². The molecule has 3 heteroatoms. The third-order valence-electron chi connectivity index (χ3n) is 2.17. The second kappa shape index (κ2) is 2.81. The molecule has 1 fully saturated rings. The van der Waals surface area contributed by atoms with E-state index in [1.54, 1.807) is 6.26 Å². The van der Waals surface area contributed by atoms with Crippen molar-refractivity contribution in [3.63, 3.8) is 0 Å². The molecule has 0 heterocycles. The minimum atomic E-state index is -0.961. The Morgan fingerprint density at radius 2 is 2.00 bits per heavy atom. The molecule has 10 heavy (non-hydrogen) atoms. The highest BCUT2D eigenvalue weighted by Gasteiger charge is 2.42. The van der Waals surface area contributed by atoms with Crippen LogP contribution in [0.25, 0.3) is 0 Å². The van der Waals surface area contributed by atoms with Gasteiger partial charge in [-0.05, 0) is 24.0 Å². The maximum atomic E-state index is 11.1. The van der Waals surface area contributed by atoms with Crippen LogP contribution in [0, 0.1) is 11.3 Å². The summed E-state index contributed by atoms with van der Waals surface area (Å²) in [5.74, 6) is 0. The van der Waals surface area contributed by atoms with Gasteiger partial charge in [0.2, 0.25) is 4.75 Å². The predicted molar refractivity (Wildman–Crippen MR) is 40.9 cm³/mol. The standard InChI is InChI=1S/C7H11NOS/c1-10(9)7(6-8)4-2-3-5-7/h2-5H2,1H3. The quantitative estimate of drug-likeness (QED) is 0.537. The lowest BCUT2D eigenvalue weighted by Gasteiger charge is -2.21. The Hall–Kier alpha value is -0.200. The highest BCUT2D eigenvalue weighted by atomic mass is 32.2. The second-order valence-corrected chi connectivity index (χ2v) is 4.46. The molecule has 0 N–H and O–H groups in total. The van der Waals surface area contributed by atoms with Crippen LogP contribution in [0.15, 0.2) is 0 Å². The average molecular weight is 157 g/mol. The molecule has 0 aliphatic heterocycles. The molecule has 1 aliphatic carbocycles. The maximum Gasteiger partial charge on any atom is 0.209 e. The van der Waals surface area contributed by atoms with Crippen molar-refractivity contribution >= 4 is 11.2 Å². The van der Waals surface area contributed by atoms with Crippen LogP contribution < -0.4 is 0 Å². The van der Waals surface area contributed by atoms with E-state index in [1.807, 2.05) is 0 Å². The van der Waals surface area contributed by atoms with E-state index in [0.717, 1.165) is 25.7 Å². The molecule has 1 aliphatic rings. The predicted octanol–water partition coefficient (Wildman–Crippen LogP) is 1.20. The van der Waals surface area contributed by atoms with Crippen molar-refractivity contribution in [1.82, 2.24) is 0 Å². The summed E-state index contributed by atoms with van der Waals surface area (Å²) in [5.41, 5.74) is 0. The van der Waals surface area contributed by atoms with E-state index in [4.69, 9.17) is 5.26 Å². The summed E-state index contributed by atoms with van der Waals surface area (Å²) in [6.07, 6.45) is 5.41. The van der Waals surface area contributed by atoms with Crippen molar-refractivity contribution in [2.75, 3.05) is 6.26 Å². The second-order valence-electron chi connectivity index (χ2n) is 2.77. The van der Waals surface area contributed by atoms with Crippen LogP contribution in [0.2, 0.25) is 0 Å². The van der Waals surface area contributed by atoms with Gasteiger partial charge in [0.25, 0.3) is 0 Å². The molecule has 56 valence electrons. The molecule has 0 aromatic heterocycles. The molecule has 0 aromatic carbocycles. The van der Waals surface area contributed by atoms with E-state index in [-0.39, 0.29) is 0 Å². The van der Waals surface area contributed by atoms with Crippen molar-refractivity contribution in [2.24, 2.45) is 0 Å². The van der Waals surface area contributed by atoms with E-state index in [1.165, 1.54) is 0 Å². The van der Waals surface area contributed by atoms with Gasteiger partial charge in [0.15, 0.2) is 0 Å². The van der Waals surface area contributed by atoms with Gasteiger partial charge in [-0.3, -0.25) is 0 Å². The van der Waals surface area contributed by atoms with Crippen LogP contribution in [0.3, 0.4) is 0 Å². The van der Waals surface area contributed by atoms with Crippen LogP contribution in [0.5, 0.6) is 0 Å². The van der Waals surface area contributed by atoms with Gasteiger partial charge in [-0.1, -0.05) is 0 Å². The zero-order valence-corrected chi connectivity index (χ0v) is 6.91. The number of hydrogen-bond acceptors (Lipinski definition) is 2. The number of nitriles is 1. The molecule has 1 atom stereocenters. The van der Waals surface area contributed by atoms with Gasteiger partial charge < -0.3 is 4.55 Å². The van der Waals surface area contributed by atoms with E-state index in [2.05, 4.69) is 6.07 Å². The summed E-state index contributed by atoms with van der Waals surface area (Å²) in [6, 6.07) is 2.18. The Labute approximate surface area is 64.4 Å². The topological polar surface area (TPSA) is 46.8 Å². The van der Waals surface area contributed by atoms with Crippen molar-refractivity contribution in [3.05, 3.63) is 0 Å².